The lowest BCUT2D eigenvalue weighted by Gasteiger charge is -2.15. The van der Waals surface area contributed by atoms with Gasteiger partial charge in [-0.2, -0.15) is 4.98 Å². The number of nitrogen functional groups attached to an aromatic ring is 1. The fraction of sp³-hybridized carbons (Fsp3) is 0.643. The summed E-state index contributed by atoms with van der Waals surface area (Å²) in [6, 6.07) is 0. The number of imidazole rings is 1. The number of hydrogen-bond acceptors (Lipinski definition) is 8. The third-order valence-electron chi connectivity index (χ3n) is 4.74. The minimum Gasteiger partial charge on any atom is -0.394 e. The van der Waals surface area contributed by atoms with Gasteiger partial charge in [0.25, 0.3) is 5.56 Å². The molecule has 0 radical (unpaired) electrons. The van der Waals surface area contributed by atoms with Gasteiger partial charge in [0.05, 0.1) is 6.61 Å². The molecule has 0 spiro atoms. The van der Waals surface area contributed by atoms with Gasteiger partial charge in [-0.3, -0.25) is 14.3 Å². The molecule has 0 aromatic carbocycles. The van der Waals surface area contributed by atoms with E-state index in [4.69, 9.17) is 10.5 Å². The summed E-state index contributed by atoms with van der Waals surface area (Å²) in [6.07, 6.45) is -3.23. The van der Waals surface area contributed by atoms with Crippen LogP contribution in [0.1, 0.15) is 19.1 Å². The number of nitrogens with one attached hydrogen (secondary N) is 1. The maximum Gasteiger partial charge on any atom is 0.332 e. The number of anilines is 1. The van der Waals surface area contributed by atoms with Crippen LogP contribution in [0.2, 0.25) is 0 Å². The Morgan fingerprint density at radius 3 is 2.60 bits per heavy atom. The molecule has 1 aliphatic heterocycles. The lowest BCUT2D eigenvalue weighted by Crippen LogP contribution is -2.36. The van der Waals surface area contributed by atoms with E-state index < -0.39 is 42.4 Å². The fourth-order valence-electron chi connectivity index (χ4n) is 3.25. The maximum absolute atomic E-state index is 12.9. The van der Waals surface area contributed by atoms with Crippen molar-refractivity contribution >= 4 is 17.1 Å². The molecule has 11 nitrogen and oxygen atoms in total. The van der Waals surface area contributed by atoms with E-state index in [0.29, 0.717) is 12.5 Å². The summed E-state index contributed by atoms with van der Waals surface area (Å²) in [6.45, 7) is -0.174. The summed E-state index contributed by atoms with van der Waals surface area (Å²) in [4.78, 5) is 31.6. The lowest BCUT2D eigenvalue weighted by molar-refractivity contribution is -0.0528. The number of rotatable bonds is 4. The molecule has 4 atom stereocenters. The average molecular weight is 353 g/mol. The smallest absolute Gasteiger partial charge is 0.332 e. The molecule has 1 saturated carbocycles. The van der Waals surface area contributed by atoms with E-state index in [1.807, 2.05) is 0 Å². The van der Waals surface area contributed by atoms with E-state index in [-0.39, 0.29) is 17.1 Å². The number of nitrogens with zero attached hydrogens (tertiary/aromatic N) is 3. The molecular weight excluding hydrogens is 334 g/mol. The molecule has 2 fully saturated rings. The molecule has 11 heteroatoms. The van der Waals surface area contributed by atoms with Crippen molar-refractivity contribution in [2.45, 2.75) is 43.9 Å². The monoisotopic (exact) mass is 353 g/mol. The number of H-pyrrole nitrogens is 1. The summed E-state index contributed by atoms with van der Waals surface area (Å²) < 4.78 is 7.75. The number of hydrogen-bond donors (Lipinski definition) is 5. The van der Waals surface area contributed by atoms with Gasteiger partial charge in [-0.15, -0.1) is 0 Å². The number of aromatic nitrogens is 4. The van der Waals surface area contributed by atoms with Gasteiger partial charge >= 0.3 is 5.69 Å². The SMILES string of the molecule is Nc1nc2c(c(=O)[nH]1)n(CC1CC1)c(=O)n2[C@@H]1O[C@H](CO)[C@@H](O)[C@H]1O. The molecule has 4 rings (SSSR count). The Bertz CT molecular complexity index is 928. The molecule has 2 aromatic rings. The zero-order valence-corrected chi connectivity index (χ0v) is 13.2. The van der Waals surface area contributed by atoms with Crippen molar-refractivity contribution in [1.82, 2.24) is 19.1 Å². The quantitative estimate of drug-likeness (QED) is 0.401. The second kappa shape index (κ2) is 5.66. The van der Waals surface area contributed by atoms with Gasteiger partial charge in [-0.25, -0.2) is 9.36 Å². The van der Waals surface area contributed by atoms with Crippen LogP contribution >= 0.6 is 0 Å². The minimum atomic E-state index is -1.46. The third kappa shape index (κ3) is 2.47. The summed E-state index contributed by atoms with van der Waals surface area (Å²) in [5.74, 6) is 0.125. The van der Waals surface area contributed by atoms with E-state index in [2.05, 4.69) is 9.97 Å². The second-order valence-corrected chi connectivity index (χ2v) is 6.56. The predicted octanol–water partition coefficient (Wildman–Crippen LogP) is -2.51. The summed E-state index contributed by atoms with van der Waals surface area (Å²) >= 11 is 0. The largest absolute Gasteiger partial charge is 0.394 e. The number of aromatic amines is 1. The first-order valence-corrected chi connectivity index (χ1v) is 8.05. The van der Waals surface area contributed by atoms with E-state index in [0.717, 1.165) is 17.4 Å². The van der Waals surface area contributed by atoms with Crippen molar-refractivity contribution in [2.24, 2.45) is 5.92 Å². The highest BCUT2D eigenvalue weighted by atomic mass is 16.6. The van der Waals surface area contributed by atoms with Gasteiger partial charge in [-0.1, -0.05) is 0 Å². The van der Waals surface area contributed by atoms with Crippen LogP contribution in [0.4, 0.5) is 5.95 Å². The zero-order chi connectivity index (χ0) is 17.9. The minimum absolute atomic E-state index is 0.0262. The number of aliphatic hydroxyl groups is 3. The molecule has 2 aliphatic rings. The molecule has 0 bridgehead atoms. The molecule has 1 saturated heterocycles. The fourth-order valence-corrected chi connectivity index (χ4v) is 3.25. The van der Waals surface area contributed by atoms with Crippen molar-refractivity contribution in [2.75, 3.05) is 12.3 Å². The summed E-state index contributed by atoms with van der Waals surface area (Å²) in [5, 5.41) is 29.4. The van der Waals surface area contributed by atoms with E-state index in [1.54, 1.807) is 0 Å². The van der Waals surface area contributed by atoms with Crippen molar-refractivity contribution in [3.63, 3.8) is 0 Å². The molecule has 136 valence electrons. The molecule has 2 aromatic heterocycles. The number of nitrogens with two attached hydrogens (primary N) is 1. The molecule has 1 aliphatic carbocycles. The van der Waals surface area contributed by atoms with Gasteiger partial charge < -0.3 is 25.8 Å². The van der Waals surface area contributed by atoms with Crippen molar-refractivity contribution < 1.29 is 20.1 Å². The zero-order valence-electron chi connectivity index (χ0n) is 13.2. The molecule has 3 heterocycles. The summed E-state index contributed by atoms with van der Waals surface area (Å²) in [7, 11) is 0. The number of aliphatic hydroxyl groups excluding tert-OH is 3. The van der Waals surface area contributed by atoms with Gasteiger partial charge in [0.1, 0.15) is 18.3 Å². The number of fused-ring (bicyclic) bond motifs is 1. The van der Waals surface area contributed by atoms with Crippen LogP contribution in [0.25, 0.3) is 11.2 Å². The third-order valence-corrected chi connectivity index (χ3v) is 4.74. The highest BCUT2D eigenvalue weighted by molar-refractivity contribution is 5.71. The normalized spacial score (nSPS) is 29.6. The maximum atomic E-state index is 12.9. The standard InChI is InChI=1S/C14H19N5O6/c15-13-16-10-7(11(23)17-13)18(3-5-1-2-5)14(24)19(10)12-9(22)8(21)6(4-20)25-12/h5-6,8-9,12,20-22H,1-4H2,(H3,15,16,17,23)/t6-,8-,9-,12-/m1/s1. The molecular formula is C14H19N5O6. The van der Waals surface area contributed by atoms with Gasteiger partial charge in [0, 0.05) is 6.54 Å². The van der Waals surface area contributed by atoms with Gasteiger partial charge in [0.15, 0.2) is 17.4 Å². The van der Waals surface area contributed by atoms with E-state index >= 15 is 0 Å². The van der Waals surface area contributed by atoms with Crippen LogP contribution in [-0.4, -0.2) is 59.3 Å². The topological polar surface area (TPSA) is 169 Å². The van der Waals surface area contributed by atoms with E-state index in [9.17, 15) is 24.9 Å². The van der Waals surface area contributed by atoms with Crippen LogP contribution in [0.5, 0.6) is 0 Å². The van der Waals surface area contributed by atoms with Crippen LogP contribution in [-0.2, 0) is 11.3 Å². The van der Waals surface area contributed by atoms with Gasteiger partial charge in [0.2, 0.25) is 5.95 Å². The summed E-state index contributed by atoms with van der Waals surface area (Å²) in [5.41, 5.74) is 4.47. The second-order valence-electron chi connectivity index (χ2n) is 6.56. The van der Waals surface area contributed by atoms with Crippen LogP contribution in [0.15, 0.2) is 9.59 Å². The van der Waals surface area contributed by atoms with Crippen molar-refractivity contribution in [1.29, 1.82) is 0 Å². The first-order valence-electron chi connectivity index (χ1n) is 8.05. The Morgan fingerprint density at radius 2 is 2.00 bits per heavy atom. The van der Waals surface area contributed by atoms with Crippen molar-refractivity contribution in [3.05, 3.63) is 20.8 Å². The molecule has 0 amide bonds. The van der Waals surface area contributed by atoms with Crippen LogP contribution in [0.3, 0.4) is 0 Å². The average Bonchev–Trinajstić information content (AvgIpc) is 3.28. The molecule has 0 unspecified atom stereocenters. The Hall–Kier alpha value is -2.21. The first kappa shape index (κ1) is 16.3. The highest BCUT2D eigenvalue weighted by Gasteiger charge is 2.45. The molecule has 6 N–H and O–H groups in total. The first-order chi connectivity index (χ1) is 11.9. The lowest BCUT2D eigenvalue weighted by atomic mass is 10.1. The predicted molar refractivity (Wildman–Crippen MR) is 84.8 cm³/mol. The van der Waals surface area contributed by atoms with Crippen LogP contribution in [0, 0.1) is 5.92 Å². The van der Waals surface area contributed by atoms with Crippen molar-refractivity contribution in [3.8, 4) is 0 Å². The Labute approximate surface area is 140 Å². The Kier molecular flexibility index (Phi) is 3.68. The highest BCUT2D eigenvalue weighted by Crippen LogP contribution is 2.33. The Morgan fingerprint density at radius 1 is 1.28 bits per heavy atom. The molecule has 25 heavy (non-hydrogen) atoms. The Balaban J connectivity index is 1.93. The van der Waals surface area contributed by atoms with Gasteiger partial charge in [-0.05, 0) is 18.8 Å². The van der Waals surface area contributed by atoms with Crippen LogP contribution < -0.4 is 17.0 Å². The van der Waals surface area contributed by atoms with E-state index in [1.165, 1.54) is 4.57 Å². The number of ether oxygens (including phenoxy) is 1.